The van der Waals surface area contributed by atoms with Gasteiger partial charge >= 0.3 is 0 Å². The molecule has 2 atom stereocenters. The number of benzene rings is 2. The highest BCUT2D eigenvalue weighted by Crippen LogP contribution is 2.46. The van der Waals surface area contributed by atoms with Crippen molar-refractivity contribution in [2.45, 2.75) is 44.1 Å². The smallest absolute Gasteiger partial charge is 0.222 e. The number of hydrogen-bond acceptors (Lipinski definition) is 3. The highest BCUT2D eigenvalue weighted by atomic mass is 16.5. The second kappa shape index (κ2) is 6.04. The Bertz CT molecular complexity index is 876. The summed E-state index contributed by atoms with van der Waals surface area (Å²) in [6.07, 6.45) is 3.53. The summed E-state index contributed by atoms with van der Waals surface area (Å²) < 4.78 is 5.24. The maximum absolute atomic E-state index is 12.1. The van der Waals surface area contributed by atoms with E-state index < -0.39 is 0 Å². The highest BCUT2D eigenvalue weighted by Gasteiger charge is 2.46. The van der Waals surface area contributed by atoms with Gasteiger partial charge in [-0.2, -0.15) is 0 Å². The van der Waals surface area contributed by atoms with Crippen molar-refractivity contribution in [2.75, 3.05) is 14.2 Å². The van der Waals surface area contributed by atoms with Gasteiger partial charge in [0.25, 0.3) is 0 Å². The highest BCUT2D eigenvalue weighted by molar-refractivity contribution is 5.78. The van der Waals surface area contributed by atoms with Crippen LogP contribution in [-0.4, -0.2) is 36.1 Å². The molecule has 4 heteroatoms. The number of aromatic hydroxyl groups is 1. The van der Waals surface area contributed by atoms with E-state index in [1.54, 1.807) is 13.2 Å². The van der Waals surface area contributed by atoms with Crippen LogP contribution >= 0.6 is 0 Å². The van der Waals surface area contributed by atoms with E-state index in [0.717, 1.165) is 30.4 Å². The first-order valence-electron chi connectivity index (χ1n) is 9.20. The third-order valence-corrected chi connectivity index (χ3v) is 6.38. The number of piperidine rings is 1. The van der Waals surface area contributed by atoms with Gasteiger partial charge < -0.3 is 14.7 Å². The minimum atomic E-state index is 0.0292. The van der Waals surface area contributed by atoms with Gasteiger partial charge in [-0.3, -0.25) is 4.79 Å². The van der Waals surface area contributed by atoms with Gasteiger partial charge in [0.15, 0.2) is 11.5 Å². The minimum Gasteiger partial charge on any atom is -0.504 e. The van der Waals surface area contributed by atoms with Crippen molar-refractivity contribution < 1.29 is 14.6 Å². The summed E-state index contributed by atoms with van der Waals surface area (Å²) in [5.41, 5.74) is 4.94. The standard InChI is InChI=1S/C22H25NO3/c1-22-11-10-21(25)23(2)20(22)9-6-16-12-14(4-7-17(16)22)15-5-8-18(24)19(13-15)26-3/h4-5,7-8,12-13,20,24H,6,9-11H2,1-3H3/t20-,22-/m1/s1. The Kier molecular flexibility index (Phi) is 3.94. The summed E-state index contributed by atoms with van der Waals surface area (Å²) in [4.78, 5) is 14.1. The topological polar surface area (TPSA) is 49.8 Å². The number of likely N-dealkylation sites (tertiary alicyclic amines) is 1. The van der Waals surface area contributed by atoms with Crippen LogP contribution in [0.2, 0.25) is 0 Å². The Morgan fingerprint density at radius 2 is 1.88 bits per heavy atom. The molecule has 4 nitrogen and oxygen atoms in total. The van der Waals surface area contributed by atoms with Gasteiger partial charge in [0.2, 0.25) is 5.91 Å². The van der Waals surface area contributed by atoms with Crippen molar-refractivity contribution in [3.63, 3.8) is 0 Å². The number of methoxy groups -OCH3 is 1. The van der Waals surface area contributed by atoms with Gasteiger partial charge in [-0.25, -0.2) is 0 Å². The molecule has 0 radical (unpaired) electrons. The fourth-order valence-electron chi connectivity index (χ4n) is 4.82. The number of ether oxygens (including phenoxy) is 1. The van der Waals surface area contributed by atoms with Crippen LogP contribution in [0.15, 0.2) is 36.4 Å². The van der Waals surface area contributed by atoms with E-state index in [-0.39, 0.29) is 23.1 Å². The second-order valence-corrected chi connectivity index (χ2v) is 7.74. The van der Waals surface area contributed by atoms with E-state index in [0.29, 0.717) is 12.2 Å². The van der Waals surface area contributed by atoms with Crippen LogP contribution in [0.3, 0.4) is 0 Å². The number of fused-ring (bicyclic) bond motifs is 3. The average molecular weight is 351 g/mol. The van der Waals surface area contributed by atoms with Crippen LogP contribution in [0.4, 0.5) is 0 Å². The predicted molar refractivity (Wildman–Crippen MR) is 102 cm³/mol. The maximum Gasteiger partial charge on any atom is 0.222 e. The van der Waals surface area contributed by atoms with E-state index in [2.05, 4.69) is 25.1 Å². The summed E-state index contributed by atoms with van der Waals surface area (Å²) in [6.45, 7) is 2.31. The molecule has 0 bridgehead atoms. The molecular weight excluding hydrogens is 326 g/mol. The molecule has 1 aliphatic carbocycles. The number of hydrogen-bond donors (Lipinski definition) is 1. The number of phenols is 1. The summed E-state index contributed by atoms with van der Waals surface area (Å²) in [6, 6.07) is 12.4. The van der Waals surface area contributed by atoms with Crippen LogP contribution in [0.25, 0.3) is 11.1 Å². The molecule has 0 spiro atoms. The van der Waals surface area contributed by atoms with Crippen LogP contribution in [-0.2, 0) is 16.6 Å². The first-order valence-corrected chi connectivity index (χ1v) is 9.20. The second-order valence-electron chi connectivity index (χ2n) is 7.74. The lowest BCUT2D eigenvalue weighted by Crippen LogP contribution is -2.56. The fraction of sp³-hybridized carbons (Fsp3) is 0.409. The lowest BCUT2D eigenvalue weighted by molar-refractivity contribution is -0.138. The Morgan fingerprint density at radius 1 is 1.15 bits per heavy atom. The number of carbonyl (C=O) groups is 1. The first kappa shape index (κ1) is 17.0. The maximum atomic E-state index is 12.1. The van der Waals surface area contributed by atoms with Crippen molar-refractivity contribution in [2.24, 2.45) is 0 Å². The number of phenolic OH excluding ortho intramolecular Hbond substituents is 1. The van der Waals surface area contributed by atoms with E-state index in [4.69, 9.17) is 4.74 Å². The SMILES string of the molecule is COc1cc(-c2ccc3c(c2)CC[C@H]2N(C)C(=O)CC[C@]32C)ccc1O. The molecular formula is C22H25NO3. The van der Waals surface area contributed by atoms with Crippen molar-refractivity contribution in [1.29, 1.82) is 0 Å². The lowest BCUT2D eigenvalue weighted by atomic mass is 9.63. The van der Waals surface area contributed by atoms with Crippen molar-refractivity contribution >= 4 is 5.91 Å². The zero-order valence-electron chi connectivity index (χ0n) is 15.6. The molecule has 1 heterocycles. The average Bonchev–Trinajstić information content (AvgIpc) is 2.65. The van der Waals surface area contributed by atoms with Crippen LogP contribution in [0.1, 0.15) is 37.3 Å². The summed E-state index contributed by atoms with van der Waals surface area (Å²) >= 11 is 0. The van der Waals surface area contributed by atoms with Crippen LogP contribution < -0.4 is 4.74 Å². The molecule has 0 unspecified atom stereocenters. The molecule has 136 valence electrons. The van der Waals surface area contributed by atoms with Gasteiger partial charge in [0.05, 0.1) is 7.11 Å². The molecule has 4 rings (SSSR count). The van der Waals surface area contributed by atoms with Crippen molar-refractivity contribution in [1.82, 2.24) is 4.90 Å². The largest absolute Gasteiger partial charge is 0.504 e. The third kappa shape index (κ3) is 2.47. The molecule has 1 saturated heterocycles. The normalized spacial score (nSPS) is 24.8. The first-order chi connectivity index (χ1) is 12.4. The summed E-state index contributed by atoms with van der Waals surface area (Å²) in [5.74, 6) is 0.905. The number of carbonyl (C=O) groups excluding carboxylic acids is 1. The Morgan fingerprint density at radius 3 is 2.65 bits per heavy atom. The molecule has 26 heavy (non-hydrogen) atoms. The van der Waals surface area contributed by atoms with E-state index in [1.807, 2.05) is 24.1 Å². The predicted octanol–water partition coefficient (Wildman–Crippen LogP) is 3.89. The molecule has 1 amide bonds. The molecule has 1 N–H and O–H groups in total. The Balaban J connectivity index is 1.74. The van der Waals surface area contributed by atoms with Crippen LogP contribution in [0.5, 0.6) is 11.5 Å². The number of nitrogens with zero attached hydrogens (tertiary/aromatic N) is 1. The fourth-order valence-corrected chi connectivity index (χ4v) is 4.82. The Labute approximate surface area is 154 Å². The zero-order chi connectivity index (χ0) is 18.5. The van der Waals surface area contributed by atoms with E-state index >= 15 is 0 Å². The molecule has 2 aromatic carbocycles. The van der Waals surface area contributed by atoms with Gasteiger partial charge in [-0.05, 0) is 53.6 Å². The molecule has 0 aromatic heterocycles. The molecule has 2 aliphatic rings. The monoisotopic (exact) mass is 351 g/mol. The minimum absolute atomic E-state index is 0.0292. The Hall–Kier alpha value is -2.49. The lowest BCUT2D eigenvalue weighted by Gasteiger charge is -2.50. The molecule has 0 saturated carbocycles. The third-order valence-electron chi connectivity index (χ3n) is 6.38. The van der Waals surface area contributed by atoms with Crippen molar-refractivity contribution in [3.8, 4) is 22.6 Å². The van der Waals surface area contributed by atoms with E-state index in [9.17, 15) is 9.90 Å². The van der Waals surface area contributed by atoms with Gasteiger partial charge in [-0.1, -0.05) is 31.2 Å². The molecule has 2 aromatic rings. The number of aryl methyl sites for hydroxylation is 1. The zero-order valence-corrected chi connectivity index (χ0v) is 15.6. The van der Waals surface area contributed by atoms with E-state index in [1.165, 1.54) is 11.1 Å². The molecule has 1 aliphatic heterocycles. The quantitative estimate of drug-likeness (QED) is 0.893. The number of rotatable bonds is 2. The number of likely N-dealkylation sites (N-methyl/N-ethyl adjacent to an activating group) is 1. The van der Waals surface area contributed by atoms with Crippen LogP contribution in [0, 0.1) is 0 Å². The number of amides is 1. The summed E-state index contributed by atoms with van der Waals surface area (Å²) in [5, 5.41) is 9.83. The summed E-state index contributed by atoms with van der Waals surface area (Å²) in [7, 11) is 3.51. The van der Waals surface area contributed by atoms with Gasteiger partial charge in [0, 0.05) is 24.9 Å². The molecule has 1 fully saturated rings. The van der Waals surface area contributed by atoms with Gasteiger partial charge in [0.1, 0.15) is 0 Å². The van der Waals surface area contributed by atoms with Gasteiger partial charge in [-0.15, -0.1) is 0 Å². The van der Waals surface area contributed by atoms with Crippen molar-refractivity contribution in [3.05, 3.63) is 47.5 Å².